The third-order valence-electron chi connectivity index (χ3n) is 4.71. The summed E-state index contributed by atoms with van der Waals surface area (Å²) in [4.78, 5) is 7.84. The number of rotatable bonds is 4. The molecule has 1 aliphatic heterocycles. The third-order valence-corrected chi connectivity index (χ3v) is 4.71. The molecule has 2 aliphatic rings. The second kappa shape index (κ2) is 7.53. The van der Waals surface area contributed by atoms with Gasteiger partial charge in [0.2, 0.25) is 0 Å². The highest BCUT2D eigenvalue weighted by Gasteiger charge is 2.35. The first kappa shape index (κ1) is 17.4. The Balaban J connectivity index is 1.74. The number of halogens is 3. The molecule has 0 aromatic rings. The van der Waals surface area contributed by atoms with E-state index < -0.39 is 12.7 Å². The molecule has 2 unspecified atom stereocenters. The fourth-order valence-electron chi connectivity index (χ4n) is 3.65. The normalized spacial score (nSPS) is 26.5. The molecule has 0 aromatic carbocycles. The summed E-state index contributed by atoms with van der Waals surface area (Å²) in [5, 5.41) is 3.20. The minimum atomic E-state index is -4.14. The first-order valence-electron chi connectivity index (χ1n) is 8.10. The van der Waals surface area contributed by atoms with Gasteiger partial charge in [-0.2, -0.15) is 13.2 Å². The predicted molar refractivity (Wildman–Crippen MR) is 81.9 cm³/mol. The molecule has 1 N–H and O–H groups in total. The maximum Gasteiger partial charge on any atom is 0.401 e. The molecule has 0 aromatic heterocycles. The van der Waals surface area contributed by atoms with Gasteiger partial charge in [-0.05, 0) is 31.7 Å². The first-order valence-corrected chi connectivity index (χ1v) is 8.10. The number of nitrogens with zero attached hydrogens (tertiary/aromatic N) is 3. The van der Waals surface area contributed by atoms with Crippen molar-refractivity contribution in [3.63, 3.8) is 0 Å². The molecule has 1 heterocycles. The molecular formula is C15H27F3N4. The van der Waals surface area contributed by atoms with Crippen LogP contribution in [-0.2, 0) is 0 Å². The molecule has 2 fully saturated rings. The molecular weight excluding hydrogens is 293 g/mol. The van der Waals surface area contributed by atoms with Gasteiger partial charge in [0.25, 0.3) is 0 Å². The van der Waals surface area contributed by atoms with Crippen LogP contribution < -0.4 is 5.32 Å². The van der Waals surface area contributed by atoms with E-state index in [9.17, 15) is 13.2 Å². The first-order chi connectivity index (χ1) is 10.4. The standard InChI is InChI=1S/C15H27F3N4/c1-19-14(20-7-8-21(2)11-15(16,17)18)22-9-12-5-3-4-6-13(12)10-22/h12-13H,3-11H2,1-2H3,(H,19,20). The Bertz CT molecular complexity index is 369. The van der Waals surface area contributed by atoms with Crippen LogP contribution in [0.1, 0.15) is 25.7 Å². The van der Waals surface area contributed by atoms with Crippen LogP contribution in [-0.4, -0.2) is 68.8 Å². The summed E-state index contributed by atoms with van der Waals surface area (Å²) < 4.78 is 36.8. The zero-order chi connectivity index (χ0) is 16.2. The van der Waals surface area contributed by atoms with Crippen LogP contribution in [0.4, 0.5) is 13.2 Å². The quantitative estimate of drug-likeness (QED) is 0.636. The van der Waals surface area contributed by atoms with E-state index in [4.69, 9.17) is 0 Å². The van der Waals surface area contributed by atoms with Crippen LogP contribution in [0.5, 0.6) is 0 Å². The van der Waals surface area contributed by atoms with Crippen molar-refractivity contribution in [2.75, 3.05) is 46.8 Å². The van der Waals surface area contributed by atoms with Crippen LogP contribution >= 0.6 is 0 Å². The van der Waals surface area contributed by atoms with Crippen molar-refractivity contribution >= 4 is 5.96 Å². The van der Waals surface area contributed by atoms with Crippen molar-refractivity contribution in [3.8, 4) is 0 Å². The SMILES string of the molecule is CN=C(NCCN(C)CC(F)(F)F)N1CC2CCCCC2C1. The third kappa shape index (κ3) is 5.04. The van der Waals surface area contributed by atoms with E-state index in [0.717, 1.165) is 30.9 Å². The summed E-state index contributed by atoms with van der Waals surface area (Å²) >= 11 is 0. The number of nitrogens with one attached hydrogen (secondary N) is 1. The van der Waals surface area contributed by atoms with E-state index >= 15 is 0 Å². The Morgan fingerprint density at radius 3 is 2.32 bits per heavy atom. The second-order valence-corrected chi connectivity index (χ2v) is 6.54. The highest BCUT2D eigenvalue weighted by atomic mass is 19.4. The predicted octanol–water partition coefficient (Wildman–Crippen LogP) is 2.18. The van der Waals surface area contributed by atoms with E-state index in [-0.39, 0.29) is 0 Å². The number of likely N-dealkylation sites (tertiary alicyclic amines) is 1. The lowest BCUT2D eigenvalue weighted by atomic mass is 9.82. The monoisotopic (exact) mass is 320 g/mol. The fourth-order valence-corrected chi connectivity index (χ4v) is 3.65. The van der Waals surface area contributed by atoms with Crippen molar-refractivity contribution in [1.29, 1.82) is 0 Å². The minimum absolute atomic E-state index is 0.346. The number of aliphatic imine (C=N–C) groups is 1. The Kier molecular flexibility index (Phi) is 5.94. The summed E-state index contributed by atoms with van der Waals surface area (Å²) in [6, 6.07) is 0. The van der Waals surface area contributed by atoms with E-state index in [1.165, 1.54) is 37.6 Å². The molecule has 4 nitrogen and oxygen atoms in total. The number of guanidine groups is 1. The van der Waals surface area contributed by atoms with E-state index in [0.29, 0.717) is 13.1 Å². The van der Waals surface area contributed by atoms with Gasteiger partial charge in [0.05, 0.1) is 6.54 Å². The summed E-state index contributed by atoms with van der Waals surface area (Å²) in [6.07, 6.45) is 1.10. The molecule has 1 saturated heterocycles. The molecule has 2 rings (SSSR count). The summed E-state index contributed by atoms with van der Waals surface area (Å²) in [5.41, 5.74) is 0. The Morgan fingerprint density at radius 2 is 1.82 bits per heavy atom. The molecule has 0 bridgehead atoms. The smallest absolute Gasteiger partial charge is 0.355 e. The number of alkyl halides is 3. The molecule has 0 spiro atoms. The Morgan fingerprint density at radius 1 is 1.23 bits per heavy atom. The number of fused-ring (bicyclic) bond motifs is 1. The van der Waals surface area contributed by atoms with E-state index in [1.54, 1.807) is 7.05 Å². The molecule has 0 amide bonds. The van der Waals surface area contributed by atoms with Crippen molar-refractivity contribution in [2.24, 2.45) is 16.8 Å². The molecule has 7 heteroatoms. The van der Waals surface area contributed by atoms with Gasteiger partial charge in [0, 0.05) is 33.2 Å². The molecule has 2 atom stereocenters. The van der Waals surface area contributed by atoms with Gasteiger partial charge in [-0.3, -0.25) is 9.89 Å². The van der Waals surface area contributed by atoms with Crippen LogP contribution in [0.2, 0.25) is 0 Å². The van der Waals surface area contributed by atoms with Crippen LogP contribution in [0.3, 0.4) is 0 Å². The van der Waals surface area contributed by atoms with Crippen LogP contribution in [0, 0.1) is 11.8 Å². The minimum Gasteiger partial charge on any atom is -0.355 e. The second-order valence-electron chi connectivity index (χ2n) is 6.54. The van der Waals surface area contributed by atoms with Crippen molar-refractivity contribution in [2.45, 2.75) is 31.9 Å². The average Bonchev–Trinajstić information content (AvgIpc) is 2.85. The van der Waals surface area contributed by atoms with Gasteiger partial charge in [-0.1, -0.05) is 12.8 Å². The molecule has 128 valence electrons. The van der Waals surface area contributed by atoms with Gasteiger partial charge >= 0.3 is 6.18 Å². The van der Waals surface area contributed by atoms with Crippen LogP contribution in [0.25, 0.3) is 0 Å². The number of hydrogen-bond donors (Lipinski definition) is 1. The van der Waals surface area contributed by atoms with E-state index in [2.05, 4.69) is 15.2 Å². The highest BCUT2D eigenvalue weighted by Crippen LogP contribution is 2.35. The van der Waals surface area contributed by atoms with Gasteiger partial charge in [-0.15, -0.1) is 0 Å². The summed E-state index contributed by atoms with van der Waals surface area (Å²) in [6.45, 7) is 2.01. The van der Waals surface area contributed by atoms with E-state index in [1.807, 2.05) is 0 Å². The average molecular weight is 320 g/mol. The summed E-state index contributed by atoms with van der Waals surface area (Å²) in [7, 11) is 3.23. The number of likely N-dealkylation sites (N-methyl/N-ethyl adjacent to an activating group) is 1. The number of hydrogen-bond acceptors (Lipinski definition) is 2. The molecule has 1 aliphatic carbocycles. The lowest BCUT2D eigenvalue weighted by molar-refractivity contribution is -0.142. The van der Waals surface area contributed by atoms with Crippen LogP contribution in [0.15, 0.2) is 4.99 Å². The molecule has 22 heavy (non-hydrogen) atoms. The lowest BCUT2D eigenvalue weighted by Crippen LogP contribution is -2.44. The molecule has 0 radical (unpaired) electrons. The maximum absolute atomic E-state index is 12.3. The fraction of sp³-hybridized carbons (Fsp3) is 0.933. The van der Waals surface area contributed by atoms with Crippen molar-refractivity contribution in [3.05, 3.63) is 0 Å². The summed E-state index contributed by atoms with van der Waals surface area (Å²) in [5.74, 6) is 2.36. The Hall–Kier alpha value is -0.980. The van der Waals surface area contributed by atoms with Gasteiger partial charge < -0.3 is 10.2 Å². The zero-order valence-corrected chi connectivity index (χ0v) is 13.5. The van der Waals surface area contributed by atoms with Crippen molar-refractivity contribution < 1.29 is 13.2 Å². The van der Waals surface area contributed by atoms with Gasteiger partial charge in [-0.25, -0.2) is 0 Å². The molecule has 1 saturated carbocycles. The highest BCUT2D eigenvalue weighted by molar-refractivity contribution is 5.80. The maximum atomic E-state index is 12.3. The topological polar surface area (TPSA) is 30.9 Å². The van der Waals surface area contributed by atoms with Gasteiger partial charge in [0.1, 0.15) is 0 Å². The lowest BCUT2D eigenvalue weighted by Gasteiger charge is -2.23. The van der Waals surface area contributed by atoms with Gasteiger partial charge in [0.15, 0.2) is 5.96 Å². The largest absolute Gasteiger partial charge is 0.401 e. The zero-order valence-electron chi connectivity index (χ0n) is 13.5. The Labute approximate surface area is 130 Å². The van der Waals surface area contributed by atoms with Crippen molar-refractivity contribution in [1.82, 2.24) is 15.1 Å².